The van der Waals surface area contributed by atoms with Gasteiger partial charge in [-0.25, -0.2) is 0 Å². The summed E-state index contributed by atoms with van der Waals surface area (Å²) in [5.41, 5.74) is 6.44. The average molecular weight is 279 g/mol. The van der Waals surface area contributed by atoms with Gasteiger partial charge < -0.3 is 5.32 Å². The largest absolute Gasteiger partial charge is 0.361 e. The lowest BCUT2D eigenvalue weighted by Crippen LogP contribution is -1.99. The molecule has 0 bridgehead atoms. The molecule has 0 radical (unpaired) electrons. The third-order valence-electron chi connectivity index (χ3n) is 3.73. The van der Waals surface area contributed by atoms with Crippen LogP contribution in [0.2, 0.25) is 0 Å². The van der Waals surface area contributed by atoms with Crippen LogP contribution in [0.15, 0.2) is 48.7 Å². The summed E-state index contributed by atoms with van der Waals surface area (Å²) in [4.78, 5) is 12.1. The fourth-order valence-electron chi connectivity index (χ4n) is 2.23. The summed E-state index contributed by atoms with van der Waals surface area (Å²) in [6.07, 6.45) is 3.29. The van der Waals surface area contributed by atoms with Crippen LogP contribution in [-0.4, -0.2) is 5.78 Å². The number of ketones is 1. The van der Waals surface area contributed by atoms with Gasteiger partial charge in [0.25, 0.3) is 0 Å². The van der Waals surface area contributed by atoms with Crippen molar-refractivity contribution in [3.63, 3.8) is 0 Å². The maximum Gasteiger partial charge on any atom is 0.187 e. The summed E-state index contributed by atoms with van der Waals surface area (Å²) in [7, 11) is 0. The summed E-state index contributed by atoms with van der Waals surface area (Å²) in [5, 5.41) is 3.21. The third kappa shape index (κ3) is 3.60. The lowest BCUT2D eigenvalue weighted by molar-refractivity contribution is 0.104. The van der Waals surface area contributed by atoms with E-state index in [2.05, 4.69) is 5.32 Å². The van der Waals surface area contributed by atoms with E-state index in [0.717, 1.165) is 16.8 Å². The second-order valence-corrected chi connectivity index (χ2v) is 5.41. The zero-order valence-corrected chi connectivity index (χ0v) is 13.0. The van der Waals surface area contributed by atoms with E-state index in [0.29, 0.717) is 0 Å². The molecule has 1 N–H and O–H groups in total. The topological polar surface area (TPSA) is 29.1 Å². The number of aryl methyl sites for hydroxylation is 4. The fourth-order valence-corrected chi connectivity index (χ4v) is 2.23. The molecular formula is C19H21NO. The first-order chi connectivity index (χ1) is 9.99. The van der Waals surface area contributed by atoms with E-state index in [4.69, 9.17) is 0 Å². The number of rotatable bonds is 4. The van der Waals surface area contributed by atoms with Gasteiger partial charge in [-0.05, 0) is 56.0 Å². The smallest absolute Gasteiger partial charge is 0.187 e. The van der Waals surface area contributed by atoms with E-state index in [1.165, 1.54) is 16.7 Å². The van der Waals surface area contributed by atoms with Crippen LogP contribution in [0.25, 0.3) is 0 Å². The fraction of sp³-hybridized carbons (Fsp3) is 0.211. The first-order valence-electron chi connectivity index (χ1n) is 7.10. The van der Waals surface area contributed by atoms with Crippen LogP contribution in [0.1, 0.15) is 32.6 Å². The molecular weight excluding hydrogens is 258 g/mol. The van der Waals surface area contributed by atoms with Gasteiger partial charge in [0, 0.05) is 23.5 Å². The van der Waals surface area contributed by atoms with Crippen molar-refractivity contribution in [3.8, 4) is 0 Å². The number of hydrogen-bond acceptors (Lipinski definition) is 2. The first-order valence-corrected chi connectivity index (χ1v) is 7.10. The molecule has 0 unspecified atom stereocenters. The molecule has 2 aromatic rings. The number of para-hydroxylation sites is 1. The molecule has 0 aliphatic carbocycles. The Labute approximate surface area is 126 Å². The highest BCUT2D eigenvalue weighted by molar-refractivity contribution is 6.04. The molecule has 0 heterocycles. The molecule has 0 amide bonds. The van der Waals surface area contributed by atoms with Crippen molar-refractivity contribution < 1.29 is 4.79 Å². The van der Waals surface area contributed by atoms with Crippen molar-refractivity contribution in [3.05, 3.63) is 76.5 Å². The van der Waals surface area contributed by atoms with Crippen molar-refractivity contribution in [2.75, 3.05) is 5.32 Å². The van der Waals surface area contributed by atoms with Crippen LogP contribution in [0.4, 0.5) is 5.69 Å². The van der Waals surface area contributed by atoms with Gasteiger partial charge >= 0.3 is 0 Å². The molecule has 0 aliphatic heterocycles. The second kappa shape index (κ2) is 6.40. The quantitative estimate of drug-likeness (QED) is 0.647. The Morgan fingerprint density at radius 3 is 2.19 bits per heavy atom. The zero-order chi connectivity index (χ0) is 15.4. The maximum atomic E-state index is 12.1. The van der Waals surface area contributed by atoms with Gasteiger partial charge in [-0.15, -0.1) is 0 Å². The maximum absolute atomic E-state index is 12.1. The highest BCUT2D eigenvalue weighted by atomic mass is 16.1. The summed E-state index contributed by atoms with van der Waals surface area (Å²) in [6, 6.07) is 11.9. The molecule has 2 rings (SSSR count). The van der Waals surface area contributed by atoms with E-state index in [1.54, 1.807) is 12.3 Å². The van der Waals surface area contributed by atoms with Crippen LogP contribution in [0.3, 0.4) is 0 Å². The van der Waals surface area contributed by atoms with Crippen molar-refractivity contribution >= 4 is 11.5 Å². The van der Waals surface area contributed by atoms with Gasteiger partial charge in [-0.1, -0.05) is 30.3 Å². The van der Waals surface area contributed by atoms with E-state index >= 15 is 0 Å². The molecule has 0 saturated heterocycles. The second-order valence-electron chi connectivity index (χ2n) is 5.41. The molecule has 21 heavy (non-hydrogen) atoms. The molecule has 0 saturated carbocycles. The van der Waals surface area contributed by atoms with Crippen LogP contribution < -0.4 is 5.32 Å². The van der Waals surface area contributed by atoms with Gasteiger partial charge in [-0.2, -0.15) is 0 Å². The Kier molecular flexibility index (Phi) is 4.59. The highest BCUT2D eigenvalue weighted by Gasteiger charge is 2.03. The van der Waals surface area contributed by atoms with Crippen molar-refractivity contribution in [2.24, 2.45) is 0 Å². The van der Waals surface area contributed by atoms with Gasteiger partial charge in [-0.3, -0.25) is 4.79 Å². The molecule has 2 heteroatoms. The standard InChI is InChI=1S/C19H21NO/c1-13-8-9-17(12-16(13)4)18(21)10-11-20-19-14(2)6-5-7-15(19)3/h5-12,20H,1-4H3. The van der Waals surface area contributed by atoms with Crippen molar-refractivity contribution in [2.45, 2.75) is 27.7 Å². The monoisotopic (exact) mass is 279 g/mol. The predicted octanol–water partition coefficient (Wildman–Crippen LogP) is 4.73. The summed E-state index contributed by atoms with van der Waals surface area (Å²) in [5.74, 6) is 0.0110. The Morgan fingerprint density at radius 2 is 1.57 bits per heavy atom. The molecule has 0 aromatic heterocycles. The number of anilines is 1. The SMILES string of the molecule is Cc1ccc(C(=O)C=CNc2c(C)cccc2C)cc1C. The lowest BCUT2D eigenvalue weighted by atomic mass is 10.0. The Hall–Kier alpha value is -2.35. The van der Waals surface area contributed by atoms with Crippen LogP contribution in [0, 0.1) is 27.7 Å². The molecule has 2 nitrogen and oxygen atoms in total. The van der Waals surface area contributed by atoms with Gasteiger partial charge in [0.2, 0.25) is 0 Å². The van der Waals surface area contributed by atoms with Crippen LogP contribution in [0.5, 0.6) is 0 Å². The van der Waals surface area contributed by atoms with Crippen molar-refractivity contribution in [1.29, 1.82) is 0 Å². The minimum absolute atomic E-state index is 0.0110. The Balaban J connectivity index is 2.11. The number of allylic oxidation sites excluding steroid dienone is 1. The summed E-state index contributed by atoms with van der Waals surface area (Å²) < 4.78 is 0. The number of benzene rings is 2. The van der Waals surface area contributed by atoms with Gasteiger partial charge in [0.15, 0.2) is 5.78 Å². The van der Waals surface area contributed by atoms with E-state index in [9.17, 15) is 4.79 Å². The molecule has 0 aliphatic rings. The molecule has 0 atom stereocenters. The minimum atomic E-state index is 0.0110. The number of nitrogens with one attached hydrogen (secondary N) is 1. The summed E-state index contributed by atoms with van der Waals surface area (Å²) >= 11 is 0. The zero-order valence-electron chi connectivity index (χ0n) is 13.0. The number of carbonyl (C=O) groups excluding carboxylic acids is 1. The average Bonchev–Trinajstić information content (AvgIpc) is 2.45. The third-order valence-corrected chi connectivity index (χ3v) is 3.73. The highest BCUT2D eigenvalue weighted by Crippen LogP contribution is 2.19. The van der Waals surface area contributed by atoms with Crippen LogP contribution >= 0.6 is 0 Å². The lowest BCUT2D eigenvalue weighted by Gasteiger charge is -2.08. The van der Waals surface area contributed by atoms with E-state index in [-0.39, 0.29) is 5.78 Å². The predicted molar refractivity (Wildman–Crippen MR) is 88.9 cm³/mol. The molecule has 2 aromatic carbocycles. The van der Waals surface area contributed by atoms with E-state index < -0.39 is 0 Å². The van der Waals surface area contributed by atoms with Crippen LogP contribution in [-0.2, 0) is 0 Å². The normalized spacial score (nSPS) is 10.9. The Bertz CT molecular complexity index is 678. The first kappa shape index (κ1) is 15.0. The Morgan fingerprint density at radius 1 is 0.905 bits per heavy atom. The summed E-state index contributed by atoms with van der Waals surface area (Å²) in [6.45, 7) is 8.16. The number of carbonyl (C=O) groups is 1. The van der Waals surface area contributed by atoms with Gasteiger partial charge in [0.1, 0.15) is 0 Å². The molecule has 0 spiro atoms. The van der Waals surface area contributed by atoms with E-state index in [1.807, 2.05) is 64.1 Å². The molecule has 0 fully saturated rings. The minimum Gasteiger partial charge on any atom is -0.361 e. The van der Waals surface area contributed by atoms with Gasteiger partial charge in [0.05, 0.1) is 0 Å². The van der Waals surface area contributed by atoms with Crippen molar-refractivity contribution in [1.82, 2.24) is 0 Å². The molecule has 108 valence electrons. The number of hydrogen-bond donors (Lipinski definition) is 1.